The summed E-state index contributed by atoms with van der Waals surface area (Å²) in [6.07, 6.45) is 4.48. The molecule has 0 spiro atoms. The molecule has 1 heterocycles. The Bertz CT molecular complexity index is 536. The molecule has 0 fully saturated rings. The van der Waals surface area contributed by atoms with Crippen LogP contribution in [0.1, 0.15) is 5.56 Å². The normalized spacial score (nSPS) is 10.6. The van der Waals surface area contributed by atoms with Crippen molar-refractivity contribution < 1.29 is 4.79 Å². The van der Waals surface area contributed by atoms with E-state index < -0.39 is 0 Å². The maximum absolute atomic E-state index is 11.5. The highest BCUT2D eigenvalue weighted by Gasteiger charge is 1.99. The van der Waals surface area contributed by atoms with Gasteiger partial charge in [0.15, 0.2) is 0 Å². The van der Waals surface area contributed by atoms with Crippen molar-refractivity contribution in [1.82, 2.24) is 15.2 Å². The molecule has 1 amide bonds. The molecular weight excluding hydrogens is 284 g/mol. The summed E-state index contributed by atoms with van der Waals surface area (Å²) in [5.41, 5.74) is 0.937. The Morgan fingerprint density at radius 3 is 3.06 bits per heavy atom. The van der Waals surface area contributed by atoms with E-state index in [-0.39, 0.29) is 5.91 Å². The average Bonchev–Trinajstić information content (AvgIpc) is 2.79. The molecule has 1 aromatic heterocycles. The number of carbonyl (C=O) groups excluding carboxylic acids is 1. The molecule has 0 saturated carbocycles. The summed E-state index contributed by atoms with van der Waals surface area (Å²) in [4.78, 5) is 15.3. The van der Waals surface area contributed by atoms with Crippen LogP contribution in [0, 0.1) is 0 Å². The van der Waals surface area contributed by atoms with E-state index in [1.165, 1.54) is 12.4 Å². The summed E-state index contributed by atoms with van der Waals surface area (Å²) in [5.74, 6) is 0.0654. The lowest BCUT2D eigenvalue weighted by Gasteiger charge is -1.96. The van der Waals surface area contributed by atoms with Gasteiger partial charge in [-0.25, -0.2) is 5.10 Å². The third-order valence-electron chi connectivity index (χ3n) is 1.93. The van der Waals surface area contributed by atoms with Gasteiger partial charge in [-0.05, 0) is 23.8 Å². The second-order valence-corrected chi connectivity index (χ2v) is 4.13. The Balaban J connectivity index is 1.99. The van der Waals surface area contributed by atoms with E-state index in [2.05, 4.69) is 36.4 Å². The lowest BCUT2D eigenvalue weighted by Crippen LogP contribution is -2.08. The fourth-order valence-electron chi connectivity index (χ4n) is 1.21. The lowest BCUT2D eigenvalue weighted by atomic mass is 10.2. The van der Waals surface area contributed by atoms with Gasteiger partial charge >= 0.3 is 0 Å². The fraction of sp³-hybridized carbons (Fsp3) is 0. The highest BCUT2D eigenvalue weighted by molar-refractivity contribution is 9.10. The number of rotatable bonds is 3. The molecule has 86 valence electrons. The highest BCUT2D eigenvalue weighted by atomic mass is 79.9. The Morgan fingerprint density at radius 1 is 1.47 bits per heavy atom. The Hall–Kier alpha value is -1.95. The van der Waals surface area contributed by atoms with E-state index >= 15 is 0 Å². The van der Waals surface area contributed by atoms with E-state index in [0.29, 0.717) is 5.95 Å². The van der Waals surface area contributed by atoms with Crippen molar-refractivity contribution in [1.29, 1.82) is 0 Å². The summed E-state index contributed by atoms with van der Waals surface area (Å²) in [6.45, 7) is 0. The van der Waals surface area contributed by atoms with Crippen LogP contribution in [0.4, 0.5) is 5.95 Å². The van der Waals surface area contributed by atoms with Crippen molar-refractivity contribution in [2.75, 3.05) is 5.32 Å². The van der Waals surface area contributed by atoms with Gasteiger partial charge in [0.25, 0.3) is 5.91 Å². The minimum Gasteiger partial charge on any atom is -0.291 e. The summed E-state index contributed by atoms with van der Waals surface area (Å²) in [6, 6.07) is 7.64. The zero-order chi connectivity index (χ0) is 12.1. The zero-order valence-corrected chi connectivity index (χ0v) is 10.3. The third kappa shape index (κ3) is 3.53. The molecule has 0 radical (unpaired) electrons. The molecule has 0 aliphatic rings. The van der Waals surface area contributed by atoms with Gasteiger partial charge in [-0.1, -0.05) is 28.1 Å². The largest absolute Gasteiger partial charge is 0.291 e. The first-order chi connectivity index (χ1) is 8.24. The molecule has 2 N–H and O–H groups in total. The van der Waals surface area contributed by atoms with E-state index in [4.69, 9.17) is 0 Å². The van der Waals surface area contributed by atoms with Gasteiger partial charge in [-0.2, -0.15) is 10.1 Å². The molecule has 17 heavy (non-hydrogen) atoms. The lowest BCUT2D eigenvalue weighted by molar-refractivity contribution is -0.111. The minimum atomic E-state index is -0.262. The number of carbonyl (C=O) groups is 1. The third-order valence-corrected chi connectivity index (χ3v) is 2.43. The predicted octanol–water partition coefficient (Wildman–Crippen LogP) is 2.22. The number of H-pyrrole nitrogens is 1. The highest BCUT2D eigenvalue weighted by Crippen LogP contribution is 2.12. The first-order valence-corrected chi connectivity index (χ1v) is 5.63. The summed E-state index contributed by atoms with van der Waals surface area (Å²) in [7, 11) is 0. The number of hydrogen-bond donors (Lipinski definition) is 2. The fourth-order valence-corrected chi connectivity index (χ4v) is 1.62. The Morgan fingerprint density at radius 2 is 2.35 bits per heavy atom. The van der Waals surface area contributed by atoms with Gasteiger partial charge in [0.05, 0.1) is 0 Å². The van der Waals surface area contributed by atoms with Crippen molar-refractivity contribution in [3.63, 3.8) is 0 Å². The summed E-state index contributed by atoms with van der Waals surface area (Å²) < 4.78 is 0.968. The van der Waals surface area contributed by atoms with Crippen molar-refractivity contribution >= 4 is 33.9 Å². The van der Waals surface area contributed by atoms with E-state index in [1.807, 2.05) is 24.3 Å². The molecule has 1 aromatic carbocycles. The van der Waals surface area contributed by atoms with Crippen LogP contribution in [0.5, 0.6) is 0 Å². The minimum absolute atomic E-state index is 0.262. The number of anilines is 1. The number of nitrogens with one attached hydrogen (secondary N) is 2. The second kappa shape index (κ2) is 5.40. The van der Waals surface area contributed by atoms with Gasteiger partial charge in [-0.3, -0.25) is 10.1 Å². The SMILES string of the molecule is O=C(C=Cc1cccc(Br)c1)Nc1ncn[nH]1. The monoisotopic (exact) mass is 292 g/mol. The van der Waals surface area contributed by atoms with Crippen LogP contribution in [0.15, 0.2) is 41.1 Å². The number of nitrogens with zero attached hydrogens (tertiary/aromatic N) is 2. The number of halogens is 1. The quantitative estimate of drug-likeness (QED) is 0.852. The van der Waals surface area contributed by atoms with Crippen LogP contribution in [-0.4, -0.2) is 21.1 Å². The smallest absolute Gasteiger partial charge is 0.250 e. The summed E-state index contributed by atoms with van der Waals surface area (Å²) >= 11 is 3.36. The molecular formula is C11H9BrN4O. The standard InChI is InChI=1S/C11H9BrN4O/c12-9-3-1-2-8(6-9)4-5-10(17)15-11-13-7-14-16-11/h1-7H,(H2,13,14,15,16,17). The van der Waals surface area contributed by atoms with Gasteiger partial charge in [0.1, 0.15) is 6.33 Å². The first kappa shape index (κ1) is 11.5. The topological polar surface area (TPSA) is 70.7 Å². The summed E-state index contributed by atoms with van der Waals surface area (Å²) in [5, 5.41) is 8.71. The van der Waals surface area contributed by atoms with Gasteiger partial charge in [0.2, 0.25) is 5.95 Å². The Kier molecular flexibility index (Phi) is 3.66. The van der Waals surface area contributed by atoms with Crippen LogP contribution in [0.2, 0.25) is 0 Å². The van der Waals surface area contributed by atoms with Crippen LogP contribution in [0.3, 0.4) is 0 Å². The zero-order valence-electron chi connectivity index (χ0n) is 8.72. The van der Waals surface area contributed by atoms with Crippen molar-refractivity contribution in [2.24, 2.45) is 0 Å². The molecule has 2 rings (SSSR count). The molecule has 2 aromatic rings. The molecule has 5 nitrogen and oxygen atoms in total. The van der Waals surface area contributed by atoms with E-state index in [1.54, 1.807) is 6.08 Å². The second-order valence-electron chi connectivity index (χ2n) is 3.21. The number of aromatic amines is 1. The molecule has 0 unspecified atom stereocenters. The Labute approximate surface area is 106 Å². The van der Waals surface area contributed by atoms with Crippen molar-refractivity contribution in [3.8, 4) is 0 Å². The molecule has 0 saturated heterocycles. The van der Waals surface area contributed by atoms with Crippen LogP contribution >= 0.6 is 15.9 Å². The van der Waals surface area contributed by atoms with Crippen LogP contribution in [-0.2, 0) is 4.79 Å². The molecule has 0 bridgehead atoms. The number of aromatic nitrogens is 3. The maximum Gasteiger partial charge on any atom is 0.250 e. The van der Waals surface area contributed by atoms with Gasteiger partial charge < -0.3 is 0 Å². The number of benzene rings is 1. The molecule has 0 aliphatic carbocycles. The molecule has 6 heteroatoms. The maximum atomic E-state index is 11.5. The number of hydrogen-bond acceptors (Lipinski definition) is 3. The van der Waals surface area contributed by atoms with Crippen molar-refractivity contribution in [2.45, 2.75) is 0 Å². The van der Waals surface area contributed by atoms with E-state index in [0.717, 1.165) is 10.0 Å². The predicted molar refractivity (Wildman–Crippen MR) is 68.2 cm³/mol. The van der Waals surface area contributed by atoms with Crippen molar-refractivity contribution in [3.05, 3.63) is 46.7 Å². The number of amides is 1. The average molecular weight is 293 g/mol. The van der Waals surface area contributed by atoms with E-state index in [9.17, 15) is 4.79 Å². The van der Waals surface area contributed by atoms with Crippen LogP contribution in [0.25, 0.3) is 6.08 Å². The van der Waals surface area contributed by atoms with Crippen LogP contribution < -0.4 is 5.32 Å². The first-order valence-electron chi connectivity index (χ1n) is 4.84. The van der Waals surface area contributed by atoms with Gasteiger partial charge in [0, 0.05) is 10.5 Å². The molecule has 0 atom stereocenters. The molecule has 0 aliphatic heterocycles. The van der Waals surface area contributed by atoms with Gasteiger partial charge in [-0.15, -0.1) is 0 Å².